The number of aliphatic hydroxyl groups is 1. The van der Waals surface area contributed by atoms with E-state index < -0.39 is 18.1 Å². The summed E-state index contributed by atoms with van der Waals surface area (Å²) in [6.07, 6.45) is -0.0519. The van der Waals surface area contributed by atoms with Crippen molar-refractivity contribution in [1.82, 2.24) is 5.32 Å². The summed E-state index contributed by atoms with van der Waals surface area (Å²) in [6, 6.07) is -0.963. The van der Waals surface area contributed by atoms with E-state index in [0.717, 1.165) is 11.5 Å². The average molecular weight is 249 g/mol. The molecule has 0 aliphatic carbocycles. The molecule has 0 saturated carbocycles. The summed E-state index contributed by atoms with van der Waals surface area (Å²) in [6.45, 7) is 3.92. The molecular weight excluding hydrogens is 230 g/mol. The number of carbonyl (C=O) groups excluding carboxylic acids is 2. The Kier molecular flexibility index (Phi) is 9.03. The van der Waals surface area contributed by atoms with E-state index in [-0.39, 0.29) is 6.61 Å². The standard InChI is InChI=1S/C10H19NO4S/c1-3-15-10(14)9(11-7-12)8(13)5-6-16-4-2/h7-9,13H,3-6H2,1-2H3,(H,11,12). The summed E-state index contributed by atoms with van der Waals surface area (Å²) in [5, 5.41) is 12.0. The molecule has 0 bridgehead atoms. The van der Waals surface area contributed by atoms with E-state index in [1.165, 1.54) is 0 Å². The van der Waals surface area contributed by atoms with Gasteiger partial charge in [-0.05, 0) is 24.9 Å². The van der Waals surface area contributed by atoms with Crippen molar-refractivity contribution in [3.05, 3.63) is 0 Å². The van der Waals surface area contributed by atoms with Crippen LogP contribution in [0.1, 0.15) is 20.3 Å². The topological polar surface area (TPSA) is 75.6 Å². The molecule has 1 amide bonds. The Morgan fingerprint density at radius 2 is 2.25 bits per heavy atom. The first-order valence-corrected chi connectivity index (χ1v) is 6.44. The normalized spacial score (nSPS) is 13.9. The molecule has 0 heterocycles. The van der Waals surface area contributed by atoms with E-state index in [9.17, 15) is 14.7 Å². The molecule has 0 aliphatic heterocycles. The van der Waals surface area contributed by atoms with E-state index in [4.69, 9.17) is 4.74 Å². The average Bonchev–Trinajstić information content (AvgIpc) is 2.26. The monoisotopic (exact) mass is 249 g/mol. The van der Waals surface area contributed by atoms with Gasteiger partial charge < -0.3 is 15.2 Å². The molecule has 2 N–H and O–H groups in total. The van der Waals surface area contributed by atoms with Crippen LogP contribution < -0.4 is 5.32 Å². The zero-order valence-electron chi connectivity index (χ0n) is 9.64. The van der Waals surface area contributed by atoms with Crippen molar-refractivity contribution in [3.63, 3.8) is 0 Å². The fourth-order valence-electron chi connectivity index (χ4n) is 1.16. The number of aliphatic hydroxyl groups excluding tert-OH is 1. The predicted molar refractivity (Wildman–Crippen MR) is 63.2 cm³/mol. The van der Waals surface area contributed by atoms with Crippen LogP contribution in [0.15, 0.2) is 0 Å². The van der Waals surface area contributed by atoms with Gasteiger partial charge in [0.1, 0.15) is 0 Å². The summed E-state index contributed by atoms with van der Waals surface area (Å²) in [5.41, 5.74) is 0. The van der Waals surface area contributed by atoms with Crippen molar-refractivity contribution in [2.24, 2.45) is 0 Å². The molecule has 0 aromatic heterocycles. The second-order valence-corrected chi connectivity index (χ2v) is 4.46. The lowest BCUT2D eigenvalue weighted by Crippen LogP contribution is -2.46. The summed E-state index contributed by atoms with van der Waals surface area (Å²) < 4.78 is 4.76. The summed E-state index contributed by atoms with van der Waals surface area (Å²) in [7, 11) is 0. The minimum atomic E-state index is -0.963. The number of esters is 1. The van der Waals surface area contributed by atoms with Crippen LogP contribution in [0.5, 0.6) is 0 Å². The third kappa shape index (κ3) is 5.97. The highest BCUT2D eigenvalue weighted by molar-refractivity contribution is 7.99. The molecule has 6 heteroatoms. The fourth-order valence-corrected chi connectivity index (χ4v) is 1.85. The molecule has 0 spiro atoms. The van der Waals surface area contributed by atoms with Gasteiger partial charge in [-0.15, -0.1) is 0 Å². The number of nitrogens with one attached hydrogen (secondary N) is 1. The lowest BCUT2D eigenvalue weighted by atomic mass is 10.1. The molecular formula is C10H19NO4S. The molecule has 0 saturated heterocycles. The number of amides is 1. The summed E-state index contributed by atoms with van der Waals surface area (Å²) >= 11 is 1.67. The Bertz CT molecular complexity index is 213. The first-order valence-electron chi connectivity index (χ1n) is 5.29. The van der Waals surface area contributed by atoms with Gasteiger partial charge in [0.2, 0.25) is 6.41 Å². The van der Waals surface area contributed by atoms with Crippen molar-refractivity contribution >= 4 is 24.1 Å². The fraction of sp³-hybridized carbons (Fsp3) is 0.800. The van der Waals surface area contributed by atoms with Crippen LogP contribution in [0.2, 0.25) is 0 Å². The first kappa shape index (κ1) is 15.2. The van der Waals surface area contributed by atoms with Gasteiger partial charge in [0.15, 0.2) is 6.04 Å². The van der Waals surface area contributed by atoms with Gasteiger partial charge in [0.05, 0.1) is 12.7 Å². The van der Waals surface area contributed by atoms with Crippen LogP contribution >= 0.6 is 11.8 Å². The molecule has 0 radical (unpaired) electrons. The van der Waals surface area contributed by atoms with Crippen molar-refractivity contribution in [1.29, 1.82) is 0 Å². The zero-order valence-corrected chi connectivity index (χ0v) is 10.5. The number of carbonyl (C=O) groups is 2. The Morgan fingerprint density at radius 3 is 2.75 bits per heavy atom. The van der Waals surface area contributed by atoms with Crippen LogP contribution in [0.25, 0.3) is 0 Å². The van der Waals surface area contributed by atoms with E-state index in [2.05, 4.69) is 5.32 Å². The van der Waals surface area contributed by atoms with Crippen molar-refractivity contribution in [2.75, 3.05) is 18.1 Å². The third-order valence-corrected chi connectivity index (χ3v) is 2.87. The van der Waals surface area contributed by atoms with Crippen LogP contribution in [0.3, 0.4) is 0 Å². The van der Waals surface area contributed by atoms with Gasteiger partial charge in [-0.1, -0.05) is 6.92 Å². The molecule has 2 atom stereocenters. The van der Waals surface area contributed by atoms with Crippen molar-refractivity contribution < 1.29 is 19.4 Å². The van der Waals surface area contributed by atoms with E-state index >= 15 is 0 Å². The Morgan fingerprint density at radius 1 is 1.56 bits per heavy atom. The van der Waals surface area contributed by atoms with Crippen LogP contribution in [0, 0.1) is 0 Å². The Labute approximate surface area is 99.9 Å². The zero-order chi connectivity index (χ0) is 12.4. The molecule has 0 aromatic rings. The lowest BCUT2D eigenvalue weighted by molar-refractivity contribution is -0.149. The SMILES string of the molecule is CCOC(=O)C(NC=O)C(O)CCSCC. The highest BCUT2D eigenvalue weighted by atomic mass is 32.2. The van der Waals surface area contributed by atoms with Gasteiger partial charge in [-0.25, -0.2) is 4.79 Å². The second kappa shape index (κ2) is 9.47. The number of hydrogen-bond acceptors (Lipinski definition) is 5. The third-order valence-electron chi connectivity index (χ3n) is 1.93. The van der Waals surface area contributed by atoms with Crippen molar-refractivity contribution in [3.8, 4) is 0 Å². The summed E-state index contributed by atoms with van der Waals surface area (Å²) in [5.74, 6) is 1.11. The molecule has 0 aliphatic rings. The largest absolute Gasteiger partial charge is 0.464 e. The van der Waals surface area contributed by atoms with Crippen molar-refractivity contribution in [2.45, 2.75) is 32.4 Å². The van der Waals surface area contributed by atoms with Crippen LogP contribution in [-0.4, -0.2) is 47.7 Å². The maximum Gasteiger partial charge on any atom is 0.331 e. The van der Waals surface area contributed by atoms with E-state index in [0.29, 0.717) is 12.8 Å². The highest BCUT2D eigenvalue weighted by Crippen LogP contribution is 2.08. The maximum atomic E-state index is 11.4. The lowest BCUT2D eigenvalue weighted by Gasteiger charge is -2.20. The van der Waals surface area contributed by atoms with Gasteiger partial charge in [-0.3, -0.25) is 4.79 Å². The summed E-state index contributed by atoms with van der Waals surface area (Å²) in [4.78, 5) is 21.7. The first-order chi connectivity index (χ1) is 7.67. The van der Waals surface area contributed by atoms with Crippen LogP contribution in [-0.2, 0) is 14.3 Å². The minimum Gasteiger partial charge on any atom is -0.464 e. The molecule has 0 aromatic carbocycles. The molecule has 2 unspecified atom stereocenters. The van der Waals surface area contributed by atoms with E-state index in [1.54, 1.807) is 18.7 Å². The van der Waals surface area contributed by atoms with Gasteiger partial charge in [0.25, 0.3) is 0 Å². The Balaban J connectivity index is 4.16. The molecule has 94 valence electrons. The number of rotatable bonds is 9. The smallest absolute Gasteiger partial charge is 0.331 e. The maximum absolute atomic E-state index is 11.4. The molecule has 16 heavy (non-hydrogen) atoms. The highest BCUT2D eigenvalue weighted by Gasteiger charge is 2.27. The minimum absolute atomic E-state index is 0.228. The second-order valence-electron chi connectivity index (χ2n) is 3.07. The molecule has 5 nitrogen and oxygen atoms in total. The predicted octanol–water partition coefficient (Wildman–Crippen LogP) is 0.168. The number of thioether (sulfide) groups is 1. The van der Waals surface area contributed by atoms with Gasteiger partial charge in [0, 0.05) is 0 Å². The number of ether oxygens (including phenoxy) is 1. The molecule has 0 fully saturated rings. The molecule has 0 rings (SSSR count). The number of hydrogen-bond donors (Lipinski definition) is 2. The quantitative estimate of drug-likeness (QED) is 0.346. The Hall–Kier alpha value is -0.750. The van der Waals surface area contributed by atoms with Crippen LogP contribution in [0.4, 0.5) is 0 Å². The van der Waals surface area contributed by atoms with Gasteiger partial charge in [-0.2, -0.15) is 11.8 Å². The van der Waals surface area contributed by atoms with Gasteiger partial charge >= 0.3 is 5.97 Å². The van der Waals surface area contributed by atoms with E-state index in [1.807, 2.05) is 6.92 Å².